The van der Waals surface area contributed by atoms with Crippen LogP contribution >= 0.6 is 0 Å². The van der Waals surface area contributed by atoms with Gasteiger partial charge in [0.1, 0.15) is 6.61 Å². The summed E-state index contributed by atoms with van der Waals surface area (Å²) in [5.74, 6) is -0.354. The number of piperidine rings is 1. The third-order valence-electron chi connectivity index (χ3n) is 11.3. The van der Waals surface area contributed by atoms with Crippen molar-refractivity contribution in [3.05, 3.63) is 35.9 Å². The van der Waals surface area contributed by atoms with E-state index in [0.29, 0.717) is 18.8 Å². The van der Waals surface area contributed by atoms with Gasteiger partial charge in [0.25, 0.3) is 0 Å². The zero-order chi connectivity index (χ0) is 32.8. The molecule has 4 rings (SSSR count). The second-order valence-corrected chi connectivity index (χ2v) is 14.7. The Morgan fingerprint density at radius 1 is 0.911 bits per heavy atom. The molecule has 0 radical (unpaired) electrons. The molecule has 3 aliphatic rings. The highest BCUT2D eigenvalue weighted by atomic mass is 16.5. The molecule has 9 unspecified atom stereocenters. The lowest BCUT2D eigenvalue weighted by Crippen LogP contribution is -2.52. The van der Waals surface area contributed by atoms with E-state index in [1.807, 2.05) is 68.3 Å². The molecule has 1 amide bonds. The van der Waals surface area contributed by atoms with Gasteiger partial charge in [-0.05, 0) is 95.8 Å². The summed E-state index contributed by atoms with van der Waals surface area (Å²) in [5.41, 5.74) is 0.911. The van der Waals surface area contributed by atoms with Gasteiger partial charge in [-0.3, -0.25) is 24.1 Å². The maximum absolute atomic E-state index is 14.0. The van der Waals surface area contributed by atoms with Gasteiger partial charge in [-0.15, -0.1) is 0 Å². The second-order valence-electron chi connectivity index (χ2n) is 14.7. The van der Waals surface area contributed by atoms with Gasteiger partial charge in [-0.25, -0.2) is 0 Å². The number of likely N-dealkylation sites (tertiary alicyclic amines) is 1. The molecule has 2 saturated carbocycles. The number of amides is 1. The van der Waals surface area contributed by atoms with Crippen molar-refractivity contribution in [3.63, 3.8) is 0 Å². The Morgan fingerprint density at radius 3 is 2.24 bits per heavy atom. The first-order valence-electron chi connectivity index (χ1n) is 17.3. The van der Waals surface area contributed by atoms with E-state index in [4.69, 9.17) is 4.74 Å². The Hall–Kier alpha value is -2.58. The van der Waals surface area contributed by atoms with E-state index < -0.39 is 11.8 Å². The van der Waals surface area contributed by atoms with Crippen LogP contribution in [0.2, 0.25) is 0 Å². The Morgan fingerprint density at radius 2 is 1.60 bits per heavy atom. The molecule has 250 valence electrons. The van der Waals surface area contributed by atoms with Gasteiger partial charge < -0.3 is 15.0 Å². The number of rotatable bonds is 12. The van der Waals surface area contributed by atoms with Crippen molar-refractivity contribution in [1.82, 2.24) is 15.1 Å². The van der Waals surface area contributed by atoms with Crippen LogP contribution in [0.15, 0.2) is 30.3 Å². The molecule has 8 nitrogen and oxygen atoms in total. The Bertz CT molecular complexity index is 1170. The third kappa shape index (κ3) is 8.23. The van der Waals surface area contributed by atoms with E-state index in [1.54, 1.807) is 0 Å². The quantitative estimate of drug-likeness (QED) is 0.322. The zero-order valence-electron chi connectivity index (χ0n) is 28.7. The normalized spacial score (nSPS) is 30.9. The fourth-order valence-corrected chi connectivity index (χ4v) is 8.54. The van der Waals surface area contributed by atoms with Crippen molar-refractivity contribution in [2.75, 3.05) is 28.2 Å². The molecule has 1 saturated heterocycles. The molecule has 45 heavy (non-hydrogen) atoms. The highest BCUT2D eigenvalue weighted by molar-refractivity contribution is 5.91. The van der Waals surface area contributed by atoms with Crippen LogP contribution in [-0.2, 0) is 30.5 Å². The zero-order valence-corrected chi connectivity index (χ0v) is 28.7. The number of nitrogens with zero attached hydrogens (tertiary/aromatic N) is 2. The van der Waals surface area contributed by atoms with Crippen LogP contribution < -0.4 is 5.32 Å². The molecule has 1 aromatic carbocycles. The minimum atomic E-state index is -0.581. The first-order valence-corrected chi connectivity index (χ1v) is 17.3. The highest BCUT2D eigenvalue weighted by Crippen LogP contribution is 2.41. The van der Waals surface area contributed by atoms with Crippen LogP contribution in [0.3, 0.4) is 0 Å². The molecular weight excluding hydrogens is 566 g/mol. The number of hydrogen-bond acceptors (Lipinski definition) is 7. The van der Waals surface area contributed by atoms with E-state index in [9.17, 15) is 19.2 Å². The largest absolute Gasteiger partial charge is 0.461 e. The molecule has 1 heterocycles. The van der Waals surface area contributed by atoms with Gasteiger partial charge in [0.05, 0.1) is 18.0 Å². The topological polar surface area (TPSA) is 96.0 Å². The van der Waals surface area contributed by atoms with Crippen LogP contribution in [0, 0.1) is 41.4 Å². The number of Topliss-reactive ketones (excluding diaryl/α,β-unsaturated/α-hetero) is 2. The molecule has 3 fully saturated rings. The fourth-order valence-electron chi connectivity index (χ4n) is 8.54. The van der Waals surface area contributed by atoms with Gasteiger partial charge in [-0.1, -0.05) is 57.5 Å². The second kappa shape index (κ2) is 15.8. The lowest BCUT2D eigenvalue weighted by molar-refractivity contribution is -0.157. The lowest BCUT2D eigenvalue weighted by atomic mass is 9.66. The molecule has 9 atom stereocenters. The van der Waals surface area contributed by atoms with Crippen molar-refractivity contribution < 1.29 is 23.9 Å². The number of carbonyl (C=O) groups excluding carboxylic acids is 4. The number of carbonyl (C=O) groups is 4. The van der Waals surface area contributed by atoms with E-state index in [1.165, 1.54) is 0 Å². The Kier molecular flexibility index (Phi) is 12.4. The SMILES string of the molecule is CNC1C(=O)C(C(C)CC2CCC(C(C)C)C(=O)N2C)CCC1CC(C(=O)OCc1ccccc1)C1CCCC(N(C)C)C1=O. The monoisotopic (exact) mass is 623 g/mol. The summed E-state index contributed by atoms with van der Waals surface area (Å²) in [4.78, 5) is 58.5. The summed E-state index contributed by atoms with van der Waals surface area (Å²) in [6, 6.07) is 9.20. The van der Waals surface area contributed by atoms with Crippen LogP contribution in [-0.4, -0.2) is 79.6 Å². The van der Waals surface area contributed by atoms with E-state index in [-0.39, 0.29) is 71.8 Å². The molecule has 0 bridgehead atoms. The van der Waals surface area contributed by atoms with Gasteiger partial charge in [0.2, 0.25) is 5.91 Å². The van der Waals surface area contributed by atoms with Crippen LogP contribution in [0.4, 0.5) is 0 Å². The summed E-state index contributed by atoms with van der Waals surface area (Å²) in [7, 11) is 7.61. The van der Waals surface area contributed by atoms with Crippen molar-refractivity contribution in [1.29, 1.82) is 0 Å². The average Bonchev–Trinajstić information content (AvgIpc) is 3.01. The molecule has 0 spiro atoms. The van der Waals surface area contributed by atoms with Gasteiger partial charge in [-0.2, -0.15) is 0 Å². The molecule has 8 heteroatoms. The Labute approximate surface area is 271 Å². The minimum Gasteiger partial charge on any atom is -0.461 e. The number of hydrogen-bond donors (Lipinski definition) is 1. The van der Waals surface area contributed by atoms with Gasteiger partial charge in [0, 0.05) is 30.8 Å². The summed E-state index contributed by atoms with van der Waals surface area (Å²) in [5, 5.41) is 3.31. The molecule has 2 aliphatic carbocycles. The Balaban J connectivity index is 1.46. The average molecular weight is 624 g/mol. The molecule has 1 N–H and O–H groups in total. The van der Waals surface area contributed by atoms with Crippen molar-refractivity contribution >= 4 is 23.4 Å². The number of ketones is 2. The fraction of sp³-hybridized carbons (Fsp3) is 0.730. The van der Waals surface area contributed by atoms with Crippen LogP contribution in [0.1, 0.15) is 84.1 Å². The van der Waals surface area contributed by atoms with E-state index in [0.717, 1.165) is 50.5 Å². The predicted octanol–water partition coefficient (Wildman–Crippen LogP) is 5.14. The summed E-state index contributed by atoms with van der Waals surface area (Å²) < 4.78 is 5.87. The molecule has 1 aromatic rings. The number of likely N-dealkylation sites (N-methyl/N-ethyl adjacent to an activating group) is 2. The van der Waals surface area contributed by atoms with Crippen molar-refractivity contribution in [2.45, 2.75) is 103 Å². The maximum Gasteiger partial charge on any atom is 0.310 e. The van der Waals surface area contributed by atoms with E-state index >= 15 is 0 Å². The van der Waals surface area contributed by atoms with Crippen molar-refractivity contribution in [3.8, 4) is 0 Å². The summed E-state index contributed by atoms with van der Waals surface area (Å²) >= 11 is 0. The van der Waals surface area contributed by atoms with Gasteiger partial charge in [0.15, 0.2) is 11.6 Å². The molecular formula is C37H57N3O5. The van der Waals surface area contributed by atoms with Crippen LogP contribution in [0.25, 0.3) is 0 Å². The summed E-state index contributed by atoms with van der Waals surface area (Å²) in [6.07, 6.45) is 7.09. The highest BCUT2D eigenvalue weighted by Gasteiger charge is 2.46. The first kappa shape index (κ1) is 35.3. The standard InChI is InChI=1S/C37H57N3O5/c1-23(2)28-19-17-27(40(7)36(28)43)20-24(3)29-18-16-26(33(38-4)35(29)42)21-31(30-14-11-15-32(34(30)41)39(5)6)37(44)45-22-25-12-9-8-10-13-25/h8-10,12-13,23-24,26-33,38H,11,14-22H2,1-7H3. The van der Waals surface area contributed by atoms with Gasteiger partial charge >= 0.3 is 5.97 Å². The maximum atomic E-state index is 14.0. The third-order valence-corrected chi connectivity index (χ3v) is 11.3. The smallest absolute Gasteiger partial charge is 0.310 e. The number of ether oxygens (including phenoxy) is 1. The minimum absolute atomic E-state index is 0.0570. The summed E-state index contributed by atoms with van der Waals surface area (Å²) in [6.45, 7) is 6.57. The number of nitrogens with one attached hydrogen (secondary N) is 1. The number of benzene rings is 1. The molecule has 0 aromatic heterocycles. The van der Waals surface area contributed by atoms with Crippen LogP contribution in [0.5, 0.6) is 0 Å². The lowest BCUT2D eigenvalue weighted by Gasteiger charge is -2.43. The number of esters is 1. The van der Waals surface area contributed by atoms with Crippen molar-refractivity contribution in [2.24, 2.45) is 41.4 Å². The molecule has 1 aliphatic heterocycles. The van der Waals surface area contributed by atoms with E-state index in [2.05, 4.69) is 26.1 Å². The predicted molar refractivity (Wildman–Crippen MR) is 176 cm³/mol. The first-order chi connectivity index (χ1) is 21.4.